The third kappa shape index (κ3) is 3.11. The second-order valence-electron chi connectivity index (χ2n) is 5.05. The van der Waals surface area contributed by atoms with E-state index >= 15 is 0 Å². The molecule has 1 aromatic heterocycles. The van der Waals surface area contributed by atoms with Crippen LogP contribution in [0.2, 0.25) is 0 Å². The molecule has 0 aliphatic carbocycles. The van der Waals surface area contributed by atoms with Crippen LogP contribution in [0.5, 0.6) is 5.75 Å². The Labute approximate surface area is 129 Å². The molecule has 2 aromatic carbocycles. The summed E-state index contributed by atoms with van der Waals surface area (Å²) in [4.78, 5) is 15.3. The van der Waals surface area contributed by atoms with E-state index in [4.69, 9.17) is 4.74 Å². The standard InChI is InChI=1S/C18H18N2O2/c1-2-22-14-8-6-13(7-9-14)12-18(21)20-17-5-3-4-16-15(17)10-11-19-16/h3-11,19H,2,12H2,1H3,(H,20,21). The van der Waals surface area contributed by atoms with Crippen molar-refractivity contribution in [3.05, 3.63) is 60.3 Å². The van der Waals surface area contributed by atoms with Crippen LogP contribution >= 0.6 is 0 Å². The van der Waals surface area contributed by atoms with E-state index in [0.717, 1.165) is 27.9 Å². The van der Waals surface area contributed by atoms with Crippen molar-refractivity contribution in [2.75, 3.05) is 11.9 Å². The Balaban J connectivity index is 1.68. The van der Waals surface area contributed by atoms with E-state index in [2.05, 4.69) is 10.3 Å². The molecule has 3 aromatic rings. The summed E-state index contributed by atoms with van der Waals surface area (Å²) in [5, 5.41) is 3.99. The second-order valence-corrected chi connectivity index (χ2v) is 5.05. The van der Waals surface area contributed by atoms with Gasteiger partial charge in [-0.05, 0) is 42.8 Å². The maximum Gasteiger partial charge on any atom is 0.228 e. The predicted octanol–water partition coefficient (Wildman–Crippen LogP) is 3.75. The summed E-state index contributed by atoms with van der Waals surface area (Å²) in [5.41, 5.74) is 2.80. The van der Waals surface area contributed by atoms with E-state index in [9.17, 15) is 4.79 Å². The number of aromatic nitrogens is 1. The van der Waals surface area contributed by atoms with Crippen LogP contribution in [-0.4, -0.2) is 17.5 Å². The highest BCUT2D eigenvalue weighted by atomic mass is 16.5. The Morgan fingerprint density at radius 2 is 1.95 bits per heavy atom. The summed E-state index contributed by atoms with van der Waals surface area (Å²) < 4.78 is 5.40. The lowest BCUT2D eigenvalue weighted by atomic mass is 10.1. The largest absolute Gasteiger partial charge is 0.494 e. The van der Waals surface area contributed by atoms with E-state index in [0.29, 0.717) is 13.0 Å². The van der Waals surface area contributed by atoms with Gasteiger partial charge in [-0.1, -0.05) is 18.2 Å². The molecule has 2 N–H and O–H groups in total. The van der Waals surface area contributed by atoms with Crippen LogP contribution in [0.15, 0.2) is 54.7 Å². The molecule has 0 atom stereocenters. The van der Waals surface area contributed by atoms with E-state index in [-0.39, 0.29) is 5.91 Å². The van der Waals surface area contributed by atoms with Crippen molar-refractivity contribution in [1.82, 2.24) is 4.98 Å². The van der Waals surface area contributed by atoms with E-state index < -0.39 is 0 Å². The molecule has 0 saturated heterocycles. The van der Waals surface area contributed by atoms with Gasteiger partial charge in [0.1, 0.15) is 5.75 Å². The van der Waals surface area contributed by atoms with Crippen molar-refractivity contribution >= 4 is 22.5 Å². The molecule has 0 radical (unpaired) electrons. The van der Waals surface area contributed by atoms with Crippen molar-refractivity contribution in [2.45, 2.75) is 13.3 Å². The summed E-state index contributed by atoms with van der Waals surface area (Å²) >= 11 is 0. The maximum absolute atomic E-state index is 12.2. The lowest BCUT2D eigenvalue weighted by Gasteiger charge is -2.08. The number of ether oxygens (including phenoxy) is 1. The fraction of sp³-hybridized carbons (Fsp3) is 0.167. The first-order valence-corrected chi connectivity index (χ1v) is 7.34. The smallest absolute Gasteiger partial charge is 0.228 e. The number of hydrogen-bond donors (Lipinski definition) is 2. The summed E-state index contributed by atoms with van der Waals surface area (Å²) in [5.74, 6) is 0.793. The highest BCUT2D eigenvalue weighted by Gasteiger charge is 2.07. The quantitative estimate of drug-likeness (QED) is 0.753. The van der Waals surface area contributed by atoms with Gasteiger partial charge in [0, 0.05) is 17.1 Å². The topological polar surface area (TPSA) is 54.1 Å². The molecule has 0 spiro atoms. The highest BCUT2D eigenvalue weighted by Crippen LogP contribution is 2.22. The molecule has 0 aliphatic heterocycles. The number of carbonyl (C=O) groups is 1. The van der Waals surface area contributed by atoms with Gasteiger partial charge in [0.2, 0.25) is 5.91 Å². The van der Waals surface area contributed by atoms with Crippen molar-refractivity contribution in [1.29, 1.82) is 0 Å². The Morgan fingerprint density at radius 1 is 1.14 bits per heavy atom. The number of benzene rings is 2. The van der Waals surface area contributed by atoms with Crippen LogP contribution in [0.25, 0.3) is 10.9 Å². The number of rotatable bonds is 5. The maximum atomic E-state index is 12.2. The normalized spacial score (nSPS) is 10.6. The van der Waals surface area contributed by atoms with Crippen LogP contribution in [-0.2, 0) is 11.2 Å². The van der Waals surface area contributed by atoms with Gasteiger partial charge in [-0.15, -0.1) is 0 Å². The predicted molar refractivity (Wildman–Crippen MR) is 88.2 cm³/mol. The molecule has 0 fully saturated rings. The van der Waals surface area contributed by atoms with Crippen molar-refractivity contribution in [3.63, 3.8) is 0 Å². The number of hydrogen-bond acceptors (Lipinski definition) is 2. The minimum atomic E-state index is -0.0298. The summed E-state index contributed by atoms with van der Waals surface area (Å²) in [7, 11) is 0. The van der Waals surface area contributed by atoms with Crippen molar-refractivity contribution in [2.24, 2.45) is 0 Å². The van der Waals surface area contributed by atoms with Gasteiger partial charge in [-0.3, -0.25) is 4.79 Å². The van der Waals surface area contributed by atoms with Gasteiger partial charge in [0.25, 0.3) is 0 Å². The van der Waals surface area contributed by atoms with E-state index in [1.54, 1.807) is 0 Å². The molecule has 0 unspecified atom stereocenters. The first-order chi connectivity index (χ1) is 10.8. The average Bonchev–Trinajstić information content (AvgIpc) is 2.99. The highest BCUT2D eigenvalue weighted by molar-refractivity contribution is 6.01. The van der Waals surface area contributed by atoms with Crippen LogP contribution < -0.4 is 10.1 Å². The number of H-pyrrole nitrogens is 1. The second kappa shape index (κ2) is 6.35. The van der Waals surface area contributed by atoms with Crippen LogP contribution in [0.3, 0.4) is 0 Å². The molecular formula is C18H18N2O2. The van der Waals surface area contributed by atoms with E-state index in [1.165, 1.54) is 0 Å². The average molecular weight is 294 g/mol. The molecule has 4 nitrogen and oxygen atoms in total. The monoisotopic (exact) mass is 294 g/mol. The molecule has 4 heteroatoms. The summed E-state index contributed by atoms with van der Waals surface area (Å²) in [6.45, 7) is 2.59. The van der Waals surface area contributed by atoms with Gasteiger partial charge in [0.05, 0.1) is 18.7 Å². The zero-order valence-corrected chi connectivity index (χ0v) is 12.4. The minimum Gasteiger partial charge on any atom is -0.494 e. The fourth-order valence-corrected chi connectivity index (χ4v) is 2.44. The molecule has 3 rings (SSSR count). The SMILES string of the molecule is CCOc1ccc(CC(=O)Nc2cccc3[nH]ccc23)cc1. The van der Waals surface area contributed by atoms with Gasteiger partial charge in [-0.25, -0.2) is 0 Å². The van der Waals surface area contributed by atoms with Crippen LogP contribution in [0.4, 0.5) is 5.69 Å². The zero-order chi connectivity index (χ0) is 15.4. The summed E-state index contributed by atoms with van der Waals surface area (Å²) in [6, 6.07) is 15.4. The number of nitrogens with one attached hydrogen (secondary N) is 2. The van der Waals surface area contributed by atoms with E-state index in [1.807, 2.05) is 61.7 Å². The summed E-state index contributed by atoms with van der Waals surface area (Å²) in [6.07, 6.45) is 2.21. The molecule has 0 saturated carbocycles. The molecule has 112 valence electrons. The van der Waals surface area contributed by atoms with Gasteiger partial charge >= 0.3 is 0 Å². The molecule has 0 bridgehead atoms. The Hall–Kier alpha value is -2.75. The van der Waals surface area contributed by atoms with Crippen LogP contribution in [0, 0.1) is 0 Å². The number of anilines is 1. The minimum absolute atomic E-state index is 0.0298. The number of carbonyl (C=O) groups excluding carboxylic acids is 1. The fourth-order valence-electron chi connectivity index (χ4n) is 2.44. The third-order valence-corrected chi connectivity index (χ3v) is 3.47. The first-order valence-electron chi connectivity index (χ1n) is 7.34. The Morgan fingerprint density at radius 3 is 2.73 bits per heavy atom. The third-order valence-electron chi connectivity index (χ3n) is 3.47. The van der Waals surface area contributed by atoms with Crippen LogP contribution in [0.1, 0.15) is 12.5 Å². The zero-order valence-electron chi connectivity index (χ0n) is 12.4. The number of amides is 1. The molecule has 1 amide bonds. The van der Waals surface area contributed by atoms with Gasteiger partial charge in [0.15, 0.2) is 0 Å². The number of fused-ring (bicyclic) bond motifs is 1. The lowest BCUT2D eigenvalue weighted by Crippen LogP contribution is -2.14. The van der Waals surface area contributed by atoms with Gasteiger partial charge < -0.3 is 15.0 Å². The van der Waals surface area contributed by atoms with Crippen molar-refractivity contribution in [3.8, 4) is 5.75 Å². The van der Waals surface area contributed by atoms with Crippen molar-refractivity contribution < 1.29 is 9.53 Å². The molecule has 22 heavy (non-hydrogen) atoms. The molecule has 1 heterocycles. The first kappa shape index (κ1) is 14.2. The number of aromatic amines is 1. The molecular weight excluding hydrogens is 276 g/mol. The van der Waals surface area contributed by atoms with Gasteiger partial charge in [-0.2, -0.15) is 0 Å². The lowest BCUT2D eigenvalue weighted by molar-refractivity contribution is -0.115. The Bertz CT molecular complexity index is 775. The Kier molecular flexibility index (Phi) is 4.10. The molecule has 0 aliphatic rings.